The SMILES string of the molecule is CC(C)(NC(=O)c1ccc(Br)cc1NC(=O)OCC1c2ccccc2-c2ccccc21)C(=O)O. The summed E-state index contributed by atoms with van der Waals surface area (Å²) in [4.78, 5) is 36.8. The lowest BCUT2D eigenvalue weighted by atomic mass is 9.98. The third-order valence-electron chi connectivity index (χ3n) is 5.77. The number of carboxylic acids is 1. The largest absolute Gasteiger partial charge is 0.480 e. The highest BCUT2D eigenvalue weighted by molar-refractivity contribution is 9.10. The lowest BCUT2D eigenvalue weighted by Crippen LogP contribution is -2.49. The number of halogens is 1. The van der Waals surface area contributed by atoms with Crippen LogP contribution in [0.1, 0.15) is 41.3 Å². The molecule has 0 spiro atoms. The Morgan fingerprint density at radius 2 is 1.56 bits per heavy atom. The molecule has 2 amide bonds. The van der Waals surface area contributed by atoms with Gasteiger partial charge in [0, 0.05) is 10.4 Å². The average molecular weight is 523 g/mol. The molecule has 0 radical (unpaired) electrons. The van der Waals surface area contributed by atoms with Gasteiger partial charge in [0.1, 0.15) is 12.1 Å². The van der Waals surface area contributed by atoms with Crippen LogP contribution in [0.25, 0.3) is 11.1 Å². The molecule has 3 aromatic carbocycles. The van der Waals surface area contributed by atoms with Crippen molar-refractivity contribution < 1.29 is 24.2 Å². The number of carbonyl (C=O) groups is 3. The third-order valence-corrected chi connectivity index (χ3v) is 6.26. The van der Waals surface area contributed by atoms with E-state index in [-0.39, 0.29) is 23.8 Å². The fraction of sp³-hybridized carbons (Fsp3) is 0.192. The van der Waals surface area contributed by atoms with Crippen molar-refractivity contribution in [1.82, 2.24) is 5.32 Å². The molecule has 0 aromatic heterocycles. The number of nitrogens with one attached hydrogen (secondary N) is 2. The zero-order valence-corrected chi connectivity index (χ0v) is 20.2. The van der Waals surface area contributed by atoms with Crippen LogP contribution < -0.4 is 10.6 Å². The number of hydrogen-bond donors (Lipinski definition) is 3. The van der Waals surface area contributed by atoms with Crippen molar-refractivity contribution in [2.45, 2.75) is 25.3 Å². The molecule has 4 rings (SSSR count). The van der Waals surface area contributed by atoms with Crippen LogP contribution in [-0.2, 0) is 9.53 Å². The van der Waals surface area contributed by atoms with Gasteiger partial charge >= 0.3 is 12.1 Å². The third kappa shape index (κ3) is 4.68. The fourth-order valence-corrected chi connectivity index (χ4v) is 4.33. The number of carboxylic acid groups (broad SMARTS) is 1. The number of ether oxygens (including phenoxy) is 1. The molecule has 3 N–H and O–H groups in total. The molecule has 1 aliphatic carbocycles. The predicted molar refractivity (Wildman–Crippen MR) is 132 cm³/mol. The van der Waals surface area contributed by atoms with E-state index in [0.717, 1.165) is 22.3 Å². The molecule has 0 heterocycles. The molecule has 3 aromatic rings. The van der Waals surface area contributed by atoms with Crippen LogP contribution in [0.3, 0.4) is 0 Å². The first-order chi connectivity index (χ1) is 16.2. The van der Waals surface area contributed by atoms with Gasteiger partial charge in [0.2, 0.25) is 0 Å². The van der Waals surface area contributed by atoms with E-state index in [0.29, 0.717) is 4.47 Å². The van der Waals surface area contributed by atoms with E-state index in [1.54, 1.807) is 12.1 Å². The summed E-state index contributed by atoms with van der Waals surface area (Å²) in [5.74, 6) is -1.90. The molecule has 0 saturated heterocycles. The second-order valence-electron chi connectivity index (χ2n) is 8.52. The number of carbonyl (C=O) groups excluding carboxylic acids is 2. The summed E-state index contributed by atoms with van der Waals surface area (Å²) in [5.41, 5.74) is 3.27. The Morgan fingerprint density at radius 3 is 2.15 bits per heavy atom. The molecule has 0 fully saturated rings. The van der Waals surface area contributed by atoms with Crippen molar-refractivity contribution in [3.8, 4) is 11.1 Å². The Hall–Kier alpha value is -3.65. The first kappa shape index (κ1) is 23.5. The van der Waals surface area contributed by atoms with E-state index in [9.17, 15) is 19.5 Å². The highest BCUT2D eigenvalue weighted by atomic mass is 79.9. The van der Waals surface area contributed by atoms with Gasteiger partial charge in [0.15, 0.2) is 0 Å². The predicted octanol–water partition coefficient (Wildman–Crippen LogP) is 5.40. The molecule has 8 heteroatoms. The molecule has 0 bridgehead atoms. The molecular formula is C26H23BrN2O5. The average Bonchev–Trinajstić information content (AvgIpc) is 3.11. The zero-order valence-electron chi connectivity index (χ0n) is 18.6. The molecular weight excluding hydrogens is 500 g/mol. The first-order valence-corrected chi connectivity index (χ1v) is 11.4. The van der Waals surface area contributed by atoms with Gasteiger partial charge in [0.05, 0.1) is 11.3 Å². The Morgan fingerprint density at radius 1 is 0.971 bits per heavy atom. The van der Waals surface area contributed by atoms with Crippen LogP contribution in [0.15, 0.2) is 71.2 Å². The van der Waals surface area contributed by atoms with E-state index in [2.05, 4.69) is 38.7 Å². The van der Waals surface area contributed by atoms with Crippen LogP contribution in [0, 0.1) is 0 Å². The first-order valence-electron chi connectivity index (χ1n) is 10.6. The van der Waals surface area contributed by atoms with Gasteiger partial charge in [-0.05, 0) is 54.3 Å². The smallest absolute Gasteiger partial charge is 0.411 e. The number of rotatable bonds is 6. The summed E-state index contributed by atoms with van der Waals surface area (Å²) in [6.07, 6.45) is -0.716. The van der Waals surface area contributed by atoms with Gasteiger partial charge < -0.3 is 15.2 Å². The lowest BCUT2D eigenvalue weighted by Gasteiger charge is -2.22. The van der Waals surface area contributed by atoms with E-state index < -0.39 is 23.5 Å². The minimum Gasteiger partial charge on any atom is -0.480 e. The number of amides is 2. The topological polar surface area (TPSA) is 105 Å². The van der Waals surface area contributed by atoms with Crippen molar-refractivity contribution in [2.75, 3.05) is 11.9 Å². The summed E-state index contributed by atoms with van der Waals surface area (Å²) in [6, 6.07) is 20.7. The van der Waals surface area contributed by atoms with Crippen molar-refractivity contribution in [2.24, 2.45) is 0 Å². The molecule has 0 atom stereocenters. The minimum absolute atomic E-state index is 0.0974. The second kappa shape index (κ2) is 9.30. The summed E-state index contributed by atoms with van der Waals surface area (Å²) in [5, 5.41) is 14.4. The Bertz CT molecular complexity index is 1240. The van der Waals surface area contributed by atoms with Gasteiger partial charge in [-0.25, -0.2) is 9.59 Å². The van der Waals surface area contributed by atoms with Crippen LogP contribution in [-0.4, -0.2) is 35.2 Å². The van der Waals surface area contributed by atoms with E-state index in [1.807, 2.05) is 36.4 Å². The summed E-state index contributed by atoms with van der Waals surface area (Å²) in [6.45, 7) is 2.89. The van der Waals surface area contributed by atoms with Crippen LogP contribution in [0.5, 0.6) is 0 Å². The molecule has 0 unspecified atom stereocenters. The maximum absolute atomic E-state index is 12.7. The standard InChI is InChI=1S/C26H23BrN2O5/c1-26(2,24(31)32)29-23(30)20-12-11-15(27)13-22(20)28-25(33)34-14-21-18-9-5-3-7-16(18)17-8-4-6-10-19(17)21/h3-13,21H,14H2,1-2H3,(H,28,33)(H,29,30)(H,31,32). The number of fused-ring (bicyclic) bond motifs is 3. The second-order valence-corrected chi connectivity index (χ2v) is 9.44. The Balaban J connectivity index is 1.50. The molecule has 7 nitrogen and oxygen atoms in total. The molecule has 34 heavy (non-hydrogen) atoms. The van der Waals surface area contributed by atoms with Crippen molar-refractivity contribution >= 4 is 39.6 Å². The monoisotopic (exact) mass is 522 g/mol. The number of anilines is 1. The van der Waals surface area contributed by atoms with Crippen LogP contribution in [0.2, 0.25) is 0 Å². The maximum Gasteiger partial charge on any atom is 0.411 e. The van der Waals surface area contributed by atoms with Gasteiger partial charge in [-0.1, -0.05) is 64.5 Å². The van der Waals surface area contributed by atoms with E-state index >= 15 is 0 Å². The van der Waals surface area contributed by atoms with Crippen LogP contribution >= 0.6 is 15.9 Å². The minimum atomic E-state index is -1.48. The van der Waals surface area contributed by atoms with Gasteiger partial charge in [-0.2, -0.15) is 0 Å². The molecule has 174 valence electrons. The summed E-state index contributed by atoms with van der Waals surface area (Å²) in [7, 11) is 0. The number of hydrogen-bond acceptors (Lipinski definition) is 4. The summed E-state index contributed by atoms with van der Waals surface area (Å²) < 4.78 is 6.20. The number of benzene rings is 3. The summed E-state index contributed by atoms with van der Waals surface area (Å²) >= 11 is 3.33. The fourth-order valence-electron chi connectivity index (χ4n) is 3.97. The zero-order chi connectivity index (χ0) is 24.5. The van der Waals surface area contributed by atoms with Gasteiger partial charge in [0.25, 0.3) is 5.91 Å². The van der Waals surface area contributed by atoms with E-state index in [4.69, 9.17) is 4.74 Å². The molecule has 0 aliphatic heterocycles. The van der Waals surface area contributed by atoms with Crippen molar-refractivity contribution in [3.63, 3.8) is 0 Å². The number of aliphatic carboxylic acids is 1. The van der Waals surface area contributed by atoms with Crippen molar-refractivity contribution in [1.29, 1.82) is 0 Å². The van der Waals surface area contributed by atoms with E-state index in [1.165, 1.54) is 19.9 Å². The normalized spacial score (nSPS) is 12.4. The molecule has 0 saturated carbocycles. The van der Waals surface area contributed by atoms with Crippen molar-refractivity contribution in [3.05, 3.63) is 87.9 Å². The maximum atomic E-state index is 12.7. The molecule has 1 aliphatic rings. The highest BCUT2D eigenvalue weighted by Gasteiger charge is 2.31. The quantitative estimate of drug-likeness (QED) is 0.401. The van der Waals surface area contributed by atoms with Crippen LogP contribution in [0.4, 0.5) is 10.5 Å². The van der Waals surface area contributed by atoms with Gasteiger partial charge in [-0.15, -0.1) is 0 Å². The van der Waals surface area contributed by atoms with Gasteiger partial charge in [-0.3, -0.25) is 10.1 Å². The Labute approximate surface area is 205 Å². The highest BCUT2D eigenvalue weighted by Crippen LogP contribution is 2.44. The Kier molecular flexibility index (Phi) is 6.43. The lowest BCUT2D eigenvalue weighted by molar-refractivity contribution is -0.143.